The molecule has 0 aromatic heterocycles. The van der Waals surface area contributed by atoms with Crippen LogP contribution < -0.4 is 9.46 Å². The molecule has 2 rings (SSSR count). The summed E-state index contributed by atoms with van der Waals surface area (Å²) in [4.78, 5) is 16.0. The molecule has 0 radical (unpaired) electrons. The molecule has 0 saturated heterocycles. The molecule has 0 fully saturated rings. The van der Waals surface area contributed by atoms with Crippen LogP contribution in [-0.2, 0) is 14.8 Å². The number of carbonyl (C=O) groups is 1. The Morgan fingerprint density at radius 3 is 2.32 bits per heavy atom. The first-order valence-corrected chi connectivity index (χ1v) is 13.0. The normalized spacial score (nSPS) is 23.0. The van der Waals surface area contributed by atoms with Gasteiger partial charge in [-0.3, -0.25) is 14.4 Å². The third-order valence-corrected chi connectivity index (χ3v) is 7.14. The molecule has 37 heavy (non-hydrogen) atoms. The number of alkyl halides is 6. The van der Waals surface area contributed by atoms with Crippen LogP contribution in [0.4, 0.5) is 32.0 Å². The molecule has 8 nitrogen and oxygen atoms in total. The largest absolute Gasteiger partial charge is 0.491 e. The number of likely N-dealkylation sites (N-methyl/N-ethyl adjacent to an activating group) is 1. The summed E-state index contributed by atoms with van der Waals surface area (Å²) in [5.41, 5.74) is -0.270. The van der Waals surface area contributed by atoms with Crippen molar-refractivity contribution in [2.24, 2.45) is 5.92 Å². The van der Waals surface area contributed by atoms with Crippen LogP contribution in [0.5, 0.6) is 5.75 Å². The number of sulfonamides is 1. The second-order valence-electron chi connectivity index (χ2n) is 9.14. The SMILES string of the molecule is CO[C@@H]1CN(C)C(=O)c2ccc(NS(=O)(=O)CC(F)(F)F)cc2OC[C@@H](C)N(CCC(F)(F)F)C[C@H]1C. The summed E-state index contributed by atoms with van der Waals surface area (Å²) in [6.45, 7) is 3.27. The van der Waals surface area contributed by atoms with Crippen LogP contribution in [0.15, 0.2) is 18.2 Å². The molecule has 0 saturated carbocycles. The number of amides is 1. The first kappa shape index (κ1) is 31.0. The van der Waals surface area contributed by atoms with Crippen LogP contribution >= 0.6 is 0 Å². The summed E-state index contributed by atoms with van der Waals surface area (Å²) in [6, 6.07) is 2.85. The summed E-state index contributed by atoms with van der Waals surface area (Å²) in [7, 11) is -1.88. The average Bonchev–Trinajstić information content (AvgIpc) is 2.74. The maximum absolute atomic E-state index is 13.1. The van der Waals surface area contributed by atoms with Crippen LogP contribution in [0.25, 0.3) is 0 Å². The zero-order valence-electron chi connectivity index (χ0n) is 20.8. The molecule has 1 N–H and O–H groups in total. The Labute approximate surface area is 211 Å². The molecule has 0 bridgehead atoms. The molecule has 212 valence electrons. The van der Waals surface area contributed by atoms with E-state index in [0.717, 1.165) is 12.1 Å². The predicted octanol–water partition coefficient (Wildman–Crippen LogP) is 3.75. The van der Waals surface area contributed by atoms with E-state index in [1.165, 1.54) is 25.1 Å². The molecule has 15 heteroatoms. The molecular weight excluding hydrogens is 532 g/mol. The van der Waals surface area contributed by atoms with Gasteiger partial charge in [0.25, 0.3) is 5.91 Å². The smallest absolute Gasteiger partial charge is 0.404 e. The van der Waals surface area contributed by atoms with Crippen LogP contribution in [-0.4, -0.2) is 94.8 Å². The lowest BCUT2D eigenvalue weighted by Gasteiger charge is -2.36. The number of anilines is 1. The van der Waals surface area contributed by atoms with E-state index >= 15 is 0 Å². The van der Waals surface area contributed by atoms with E-state index in [2.05, 4.69) is 0 Å². The Morgan fingerprint density at radius 1 is 1.11 bits per heavy atom. The van der Waals surface area contributed by atoms with Crippen molar-refractivity contribution in [2.75, 3.05) is 50.9 Å². The lowest BCUT2D eigenvalue weighted by Crippen LogP contribution is -2.47. The van der Waals surface area contributed by atoms with E-state index in [0.29, 0.717) is 0 Å². The third-order valence-electron chi connectivity index (χ3n) is 5.89. The fourth-order valence-corrected chi connectivity index (χ4v) is 4.91. The topological polar surface area (TPSA) is 88.2 Å². The highest BCUT2D eigenvalue weighted by Crippen LogP contribution is 2.29. The Morgan fingerprint density at radius 2 is 1.76 bits per heavy atom. The van der Waals surface area contributed by atoms with Gasteiger partial charge in [-0.25, -0.2) is 8.42 Å². The number of nitrogens with one attached hydrogen (secondary N) is 1. The molecule has 1 aliphatic heterocycles. The van der Waals surface area contributed by atoms with Gasteiger partial charge in [-0.1, -0.05) is 6.92 Å². The molecule has 0 unspecified atom stereocenters. The van der Waals surface area contributed by atoms with Crippen molar-refractivity contribution in [1.29, 1.82) is 0 Å². The van der Waals surface area contributed by atoms with Crippen molar-refractivity contribution in [3.05, 3.63) is 23.8 Å². The molecule has 1 aromatic rings. The van der Waals surface area contributed by atoms with E-state index < -0.39 is 52.6 Å². The molecule has 3 atom stereocenters. The van der Waals surface area contributed by atoms with E-state index in [1.807, 2.05) is 4.72 Å². The predicted molar refractivity (Wildman–Crippen MR) is 124 cm³/mol. The minimum atomic E-state index is -4.97. The zero-order valence-corrected chi connectivity index (χ0v) is 21.6. The Kier molecular flexibility index (Phi) is 10.1. The van der Waals surface area contributed by atoms with Crippen LogP contribution in [0, 0.1) is 5.92 Å². The first-order valence-electron chi connectivity index (χ1n) is 11.3. The quantitative estimate of drug-likeness (QED) is 0.531. The van der Waals surface area contributed by atoms with Crippen molar-refractivity contribution in [3.8, 4) is 5.75 Å². The number of halogens is 6. The summed E-state index contributed by atoms with van der Waals surface area (Å²) < 4.78 is 113. The van der Waals surface area contributed by atoms with E-state index in [-0.39, 0.29) is 49.2 Å². The lowest BCUT2D eigenvalue weighted by molar-refractivity contribution is -0.140. The van der Waals surface area contributed by atoms with Crippen molar-refractivity contribution < 1.29 is 49.0 Å². The van der Waals surface area contributed by atoms with Crippen molar-refractivity contribution in [2.45, 2.75) is 44.8 Å². The van der Waals surface area contributed by atoms with Gasteiger partial charge in [-0.2, -0.15) is 26.3 Å². The van der Waals surface area contributed by atoms with E-state index in [4.69, 9.17) is 9.47 Å². The minimum absolute atomic E-state index is 0.00149. The number of nitrogens with zero attached hydrogens (tertiary/aromatic N) is 2. The molecule has 1 aliphatic rings. The van der Waals surface area contributed by atoms with Gasteiger partial charge >= 0.3 is 12.4 Å². The van der Waals surface area contributed by atoms with Crippen LogP contribution in [0.1, 0.15) is 30.6 Å². The zero-order chi connectivity index (χ0) is 28.2. The van der Waals surface area contributed by atoms with Crippen LogP contribution in [0.2, 0.25) is 0 Å². The molecule has 0 spiro atoms. The van der Waals surface area contributed by atoms with Gasteiger partial charge < -0.3 is 14.4 Å². The molecular formula is C22H31F6N3O5S. The maximum atomic E-state index is 13.1. The fraction of sp³-hybridized carbons (Fsp3) is 0.682. The number of carbonyl (C=O) groups excluding carboxylic acids is 1. The number of benzene rings is 1. The van der Waals surface area contributed by atoms with Crippen molar-refractivity contribution in [1.82, 2.24) is 9.80 Å². The summed E-state index contributed by atoms with van der Waals surface area (Å²) in [5.74, 6) is -3.01. The highest BCUT2D eigenvalue weighted by atomic mass is 32.2. The minimum Gasteiger partial charge on any atom is -0.491 e. The van der Waals surface area contributed by atoms with Gasteiger partial charge in [0.05, 0.1) is 23.8 Å². The summed E-state index contributed by atoms with van der Waals surface area (Å²) >= 11 is 0. The van der Waals surface area contributed by atoms with Crippen molar-refractivity contribution in [3.63, 3.8) is 0 Å². The highest BCUT2D eigenvalue weighted by molar-refractivity contribution is 7.92. The van der Waals surface area contributed by atoms with Gasteiger partial charge in [0.2, 0.25) is 10.0 Å². The number of ether oxygens (including phenoxy) is 2. The Bertz CT molecular complexity index is 1030. The Hall–Kier alpha value is -2.26. The van der Waals surface area contributed by atoms with Crippen molar-refractivity contribution >= 4 is 21.6 Å². The second kappa shape index (κ2) is 12.1. The van der Waals surface area contributed by atoms with Gasteiger partial charge in [-0.15, -0.1) is 0 Å². The number of rotatable bonds is 6. The first-order chi connectivity index (χ1) is 16.9. The highest BCUT2D eigenvalue weighted by Gasteiger charge is 2.36. The number of hydrogen-bond donors (Lipinski definition) is 1. The maximum Gasteiger partial charge on any atom is 0.404 e. The van der Waals surface area contributed by atoms with Gasteiger partial charge in [0.1, 0.15) is 12.4 Å². The third kappa shape index (κ3) is 9.85. The average molecular weight is 564 g/mol. The van der Waals surface area contributed by atoms with Gasteiger partial charge in [-0.05, 0) is 25.0 Å². The summed E-state index contributed by atoms with van der Waals surface area (Å²) in [5, 5.41) is 0. The number of fused-ring (bicyclic) bond motifs is 1. The monoisotopic (exact) mass is 563 g/mol. The number of methoxy groups -OCH3 is 1. The van der Waals surface area contributed by atoms with E-state index in [1.54, 1.807) is 18.7 Å². The molecule has 1 heterocycles. The lowest BCUT2D eigenvalue weighted by atomic mass is 10.0. The van der Waals surface area contributed by atoms with E-state index in [9.17, 15) is 39.6 Å². The van der Waals surface area contributed by atoms with Crippen LogP contribution in [0.3, 0.4) is 0 Å². The standard InChI is InChI=1S/C22H31F6N3O5S/c1-14-10-31(8-7-21(23,24)25)15(2)12-36-18-9-16(29-37(33,34)13-22(26,27)28)5-6-17(18)20(32)30(3)11-19(14)35-4/h5-6,9,14-15,19,29H,7-8,10-13H2,1-4H3/t14-,15-,19-/m1/s1. The molecule has 1 aromatic carbocycles. The number of hydrogen-bond acceptors (Lipinski definition) is 6. The molecule has 0 aliphatic carbocycles. The second-order valence-corrected chi connectivity index (χ2v) is 10.9. The van der Waals surface area contributed by atoms with Gasteiger partial charge in [0, 0.05) is 45.9 Å². The molecule has 1 amide bonds. The summed E-state index contributed by atoms with van der Waals surface area (Å²) in [6.07, 6.45) is -10.9. The Balaban J connectivity index is 2.42. The van der Waals surface area contributed by atoms with Gasteiger partial charge in [0.15, 0.2) is 5.75 Å². The fourth-order valence-electron chi connectivity index (χ4n) is 3.92.